The monoisotopic (exact) mass is 785 g/mol. The number of aromatic nitrogens is 2. The molecule has 0 amide bonds. The molecule has 5 heterocycles. The van der Waals surface area contributed by atoms with E-state index >= 15 is 0 Å². The van der Waals surface area contributed by atoms with Crippen LogP contribution in [0.1, 0.15) is 0 Å². The Bertz CT molecular complexity index is 3150. The Balaban J connectivity index is 0.00000356. The van der Waals surface area contributed by atoms with Gasteiger partial charge in [0.1, 0.15) is 0 Å². The van der Waals surface area contributed by atoms with Gasteiger partial charge < -0.3 is 41.9 Å². The molecule has 9 heteroatoms. The van der Waals surface area contributed by atoms with Gasteiger partial charge in [-0.2, -0.15) is 0 Å². The molecule has 2 aromatic heterocycles. The van der Waals surface area contributed by atoms with E-state index < -0.39 is 0 Å². The van der Waals surface area contributed by atoms with Gasteiger partial charge >= 0.3 is 17.1 Å². The Hall–Kier alpha value is -6.80. The molecule has 4 atom stereocenters. The fourth-order valence-electron chi connectivity index (χ4n) is 9.51. The number of rotatable bonds is 0. The zero-order valence-corrected chi connectivity index (χ0v) is 31.3. The normalized spacial score (nSPS) is 21.1. The van der Waals surface area contributed by atoms with Crippen LogP contribution in [0.5, 0.6) is 0 Å². The van der Waals surface area contributed by atoms with Gasteiger partial charge in [0, 0.05) is 35.1 Å². The van der Waals surface area contributed by atoms with Crippen molar-refractivity contribution in [2.75, 3.05) is 21.3 Å². The first-order chi connectivity index (χ1) is 27.7. The molecule has 0 saturated heterocycles. The standard InChI is InChI=1S/C48H34N8.Cu/c1-2-10-26-18-34-33(17-25(26)9-1)41-49-42(34)54-44-37-21-29-13-5-6-14-30(29)22-38(37)46(51-44)56-48-40-24-32-16-8-7-15-31(32)23-39(40)47(52-48)55-45-36-20-28-12-4-3-11-27(28)19-35(36)43(50-45)53-41;/h1-24,33,39,41,47,49,52-56H;/q-2;+2. The second kappa shape index (κ2) is 12.1. The molecule has 8 bridgehead atoms. The van der Waals surface area contributed by atoms with Crippen molar-refractivity contribution >= 4 is 90.7 Å². The molecule has 5 aliphatic rings. The maximum Gasteiger partial charge on any atom is 2.00 e. The third-order valence-electron chi connectivity index (χ3n) is 12.3. The van der Waals surface area contributed by atoms with E-state index in [0.717, 1.165) is 56.5 Å². The summed E-state index contributed by atoms with van der Waals surface area (Å²) >= 11 is 0. The Labute approximate surface area is 337 Å². The molecule has 2 aliphatic carbocycles. The predicted octanol–water partition coefficient (Wildman–Crippen LogP) is 5.64. The minimum Gasteiger partial charge on any atom is -0.421 e. The smallest absolute Gasteiger partial charge is 0.421 e. The Morgan fingerprint density at radius 2 is 0.737 bits per heavy atom. The molecule has 6 aromatic carbocycles. The van der Waals surface area contributed by atoms with Crippen LogP contribution >= 0.6 is 0 Å². The van der Waals surface area contributed by atoms with Gasteiger partial charge in [0.2, 0.25) is 0 Å². The van der Waals surface area contributed by atoms with Gasteiger partial charge in [0.15, 0.2) is 0 Å². The van der Waals surface area contributed by atoms with Crippen LogP contribution in [-0.2, 0) is 17.1 Å². The molecule has 13 rings (SSSR count). The number of nitrogens with zero attached hydrogens (tertiary/aromatic N) is 2. The van der Waals surface area contributed by atoms with Crippen molar-refractivity contribution in [3.63, 3.8) is 0 Å². The molecule has 0 fully saturated rings. The number of benzene rings is 6. The van der Waals surface area contributed by atoms with Gasteiger partial charge in [-0.1, -0.05) is 109 Å². The SMILES string of the molecule is C1=c2ccccc2=CC2C1=C1Nc3[n-]c(c4cc5ccccc5cc34)NC3=C4C=c5ccccc5=CC4C(N3)Nc3[n-]c(c4cc5ccccc5cc34)NC2N1.[Cu+2]. The molecule has 8 aromatic rings. The zero-order chi connectivity index (χ0) is 36.5. The molecule has 57 heavy (non-hydrogen) atoms. The molecule has 0 spiro atoms. The quantitative estimate of drug-likeness (QED) is 0.110. The van der Waals surface area contributed by atoms with Crippen molar-refractivity contribution < 1.29 is 17.1 Å². The maximum atomic E-state index is 5.39. The number of anilines is 4. The van der Waals surface area contributed by atoms with Gasteiger partial charge in [0.25, 0.3) is 0 Å². The average molecular weight is 786 g/mol. The van der Waals surface area contributed by atoms with Crippen molar-refractivity contribution in [3.8, 4) is 0 Å². The Kier molecular flexibility index (Phi) is 6.89. The summed E-state index contributed by atoms with van der Waals surface area (Å²) in [5.74, 6) is 5.19. The second-order valence-electron chi connectivity index (χ2n) is 15.5. The first-order valence-electron chi connectivity index (χ1n) is 19.3. The van der Waals surface area contributed by atoms with Crippen LogP contribution < -0.4 is 62.7 Å². The first kappa shape index (κ1) is 32.4. The third-order valence-corrected chi connectivity index (χ3v) is 12.3. The van der Waals surface area contributed by atoms with E-state index in [0.29, 0.717) is 0 Å². The molecule has 277 valence electrons. The van der Waals surface area contributed by atoms with E-state index in [1.54, 1.807) is 0 Å². The van der Waals surface area contributed by atoms with Crippen LogP contribution in [0.15, 0.2) is 144 Å². The molecule has 4 unspecified atom stereocenters. The van der Waals surface area contributed by atoms with Crippen LogP contribution in [0.25, 0.3) is 67.4 Å². The van der Waals surface area contributed by atoms with Crippen molar-refractivity contribution in [2.24, 2.45) is 11.8 Å². The van der Waals surface area contributed by atoms with Gasteiger partial charge in [-0.15, -0.1) is 0 Å². The zero-order valence-electron chi connectivity index (χ0n) is 30.4. The Morgan fingerprint density at radius 1 is 0.386 bits per heavy atom. The average Bonchev–Trinajstić information content (AvgIpc) is 3.95. The van der Waals surface area contributed by atoms with Crippen LogP contribution in [-0.4, -0.2) is 12.3 Å². The largest absolute Gasteiger partial charge is 2.00 e. The fourth-order valence-corrected chi connectivity index (χ4v) is 9.51. The molecule has 8 nitrogen and oxygen atoms in total. The number of fused-ring (bicyclic) bond motifs is 22. The van der Waals surface area contributed by atoms with Crippen molar-refractivity contribution in [1.29, 1.82) is 0 Å². The van der Waals surface area contributed by atoms with Crippen molar-refractivity contribution in [1.82, 2.24) is 20.6 Å². The summed E-state index contributed by atoms with van der Waals surface area (Å²) in [7, 11) is 0. The molecular formula is C48H34CuN8. The first-order valence-corrected chi connectivity index (χ1v) is 19.3. The summed E-state index contributed by atoms with van der Waals surface area (Å²) in [6.07, 6.45) is 9.02. The summed E-state index contributed by atoms with van der Waals surface area (Å²) in [5, 5.41) is 37.0. The number of nitrogens with one attached hydrogen (secondary N) is 6. The molecular weight excluding hydrogens is 752 g/mol. The third kappa shape index (κ3) is 4.92. The summed E-state index contributed by atoms with van der Waals surface area (Å²) in [5.41, 5.74) is 2.35. The second-order valence-corrected chi connectivity index (χ2v) is 15.5. The number of hydrogen-bond donors (Lipinski definition) is 6. The molecule has 1 radical (unpaired) electrons. The van der Waals surface area contributed by atoms with Gasteiger partial charge in [-0.3, -0.25) is 0 Å². The van der Waals surface area contributed by atoms with Crippen LogP contribution in [0.4, 0.5) is 23.3 Å². The van der Waals surface area contributed by atoms with Crippen molar-refractivity contribution in [2.45, 2.75) is 12.3 Å². The summed E-state index contributed by atoms with van der Waals surface area (Å²) in [4.78, 5) is 10.7. The Morgan fingerprint density at radius 3 is 1.16 bits per heavy atom. The predicted molar refractivity (Wildman–Crippen MR) is 228 cm³/mol. The summed E-state index contributed by atoms with van der Waals surface area (Å²) in [6, 6.07) is 43.3. The summed E-state index contributed by atoms with van der Waals surface area (Å²) in [6.45, 7) is 0. The van der Waals surface area contributed by atoms with Crippen molar-refractivity contribution in [3.05, 3.63) is 165 Å². The van der Waals surface area contributed by atoms with E-state index in [2.05, 4.69) is 178 Å². The van der Waals surface area contributed by atoms with Crippen LogP contribution in [0, 0.1) is 11.8 Å². The van der Waals surface area contributed by atoms with Gasteiger partial charge in [-0.25, -0.2) is 0 Å². The van der Waals surface area contributed by atoms with Gasteiger partial charge in [-0.05, 0) is 112 Å². The summed E-state index contributed by atoms with van der Waals surface area (Å²) < 4.78 is 0. The van der Waals surface area contributed by atoms with E-state index in [1.807, 2.05) is 0 Å². The number of hydrogen-bond acceptors (Lipinski definition) is 6. The molecule has 3 aliphatic heterocycles. The fraction of sp³-hybridized carbons (Fsp3) is 0.0833. The van der Waals surface area contributed by atoms with E-state index in [4.69, 9.17) is 9.97 Å². The van der Waals surface area contributed by atoms with Crippen LogP contribution in [0.3, 0.4) is 0 Å². The molecule has 6 N–H and O–H groups in total. The topological polar surface area (TPSA) is 100 Å². The van der Waals surface area contributed by atoms with E-state index in [9.17, 15) is 0 Å². The van der Waals surface area contributed by atoms with Crippen LogP contribution in [0.2, 0.25) is 0 Å². The van der Waals surface area contributed by atoms with E-state index in [-0.39, 0.29) is 41.2 Å². The maximum absolute atomic E-state index is 5.39. The minimum absolute atomic E-state index is 0. The van der Waals surface area contributed by atoms with E-state index in [1.165, 1.54) is 53.6 Å². The molecule has 0 saturated carbocycles. The van der Waals surface area contributed by atoms with Gasteiger partial charge in [0.05, 0.1) is 24.0 Å². The minimum atomic E-state index is -0.177.